The molecule has 0 bridgehead atoms. The second kappa shape index (κ2) is 10.3. The summed E-state index contributed by atoms with van der Waals surface area (Å²) in [5.41, 5.74) is 0.705. The summed E-state index contributed by atoms with van der Waals surface area (Å²) >= 11 is 1.30. The minimum atomic E-state index is -0.809. The van der Waals surface area contributed by atoms with Gasteiger partial charge in [0.2, 0.25) is 5.91 Å². The van der Waals surface area contributed by atoms with Gasteiger partial charge in [-0.2, -0.15) is 0 Å². The van der Waals surface area contributed by atoms with Gasteiger partial charge in [-0.1, -0.05) is 45.2 Å². The van der Waals surface area contributed by atoms with Crippen molar-refractivity contribution in [2.45, 2.75) is 62.5 Å². The third-order valence-corrected chi connectivity index (χ3v) is 4.60. The van der Waals surface area contributed by atoms with E-state index in [9.17, 15) is 14.7 Å². The van der Waals surface area contributed by atoms with Crippen molar-refractivity contribution in [3.63, 3.8) is 0 Å². The van der Waals surface area contributed by atoms with Crippen LogP contribution in [0.1, 0.15) is 52.4 Å². The number of benzene rings is 1. The van der Waals surface area contributed by atoms with Gasteiger partial charge in [-0.15, -0.1) is 11.8 Å². The van der Waals surface area contributed by atoms with E-state index in [0.29, 0.717) is 18.5 Å². The largest absolute Gasteiger partial charge is 0.480 e. The molecule has 0 aromatic heterocycles. The zero-order valence-corrected chi connectivity index (χ0v) is 14.1. The Morgan fingerprint density at radius 2 is 1.91 bits per heavy atom. The lowest BCUT2D eigenvalue weighted by atomic mass is 10.2. The Morgan fingerprint density at radius 3 is 2.55 bits per heavy atom. The van der Waals surface area contributed by atoms with Gasteiger partial charge in [-0.3, -0.25) is 9.59 Å². The number of rotatable bonds is 10. The normalized spacial score (nSPS) is 11.9. The Kier molecular flexibility index (Phi) is 8.67. The van der Waals surface area contributed by atoms with E-state index in [-0.39, 0.29) is 5.91 Å². The minimum absolute atomic E-state index is 0.0103. The first-order valence-corrected chi connectivity index (χ1v) is 8.74. The molecule has 1 amide bonds. The molecule has 122 valence electrons. The van der Waals surface area contributed by atoms with Gasteiger partial charge in [-0.25, -0.2) is 0 Å². The molecule has 4 nitrogen and oxygen atoms in total. The van der Waals surface area contributed by atoms with Crippen LogP contribution in [-0.2, 0) is 9.59 Å². The van der Waals surface area contributed by atoms with E-state index in [1.54, 1.807) is 0 Å². The summed E-state index contributed by atoms with van der Waals surface area (Å²) in [6.45, 7) is 4.07. The van der Waals surface area contributed by atoms with E-state index in [2.05, 4.69) is 12.2 Å². The zero-order valence-electron chi connectivity index (χ0n) is 13.3. The maximum atomic E-state index is 11.9. The molecular formula is C17H25NO3S. The number of hydrogen-bond donors (Lipinski definition) is 2. The van der Waals surface area contributed by atoms with Crippen LogP contribution in [0.25, 0.3) is 0 Å². The van der Waals surface area contributed by atoms with Crippen LogP contribution in [0.4, 0.5) is 5.69 Å². The monoisotopic (exact) mass is 323 g/mol. The Labute approximate surface area is 136 Å². The van der Waals surface area contributed by atoms with E-state index in [4.69, 9.17) is 0 Å². The highest BCUT2D eigenvalue weighted by atomic mass is 32.2. The van der Waals surface area contributed by atoms with Crippen LogP contribution in [0.5, 0.6) is 0 Å². The van der Waals surface area contributed by atoms with Crippen LogP contribution in [0.2, 0.25) is 0 Å². The first kappa shape index (κ1) is 18.6. The summed E-state index contributed by atoms with van der Waals surface area (Å²) in [7, 11) is 0. The number of carboxylic acids is 1. The third kappa shape index (κ3) is 6.52. The van der Waals surface area contributed by atoms with Gasteiger partial charge in [-0.05, 0) is 25.0 Å². The number of nitrogens with one attached hydrogen (secondary N) is 1. The highest BCUT2D eigenvalue weighted by Gasteiger charge is 2.19. The molecule has 1 aromatic carbocycles. The first-order valence-electron chi connectivity index (χ1n) is 7.86. The quantitative estimate of drug-likeness (QED) is 0.489. The molecule has 1 atom stereocenters. The Morgan fingerprint density at radius 1 is 1.18 bits per heavy atom. The van der Waals surface area contributed by atoms with E-state index >= 15 is 0 Å². The van der Waals surface area contributed by atoms with Crippen molar-refractivity contribution in [3.05, 3.63) is 24.3 Å². The van der Waals surface area contributed by atoms with Gasteiger partial charge >= 0.3 is 5.97 Å². The molecule has 1 rings (SSSR count). The minimum Gasteiger partial charge on any atom is -0.480 e. The first-order chi connectivity index (χ1) is 10.6. The van der Waals surface area contributed by atoms with Crippen molar-refractivity contribution < 1.29 is 14.7 Å². The summed E-state index contributed by atoms with van der Waals surface area (Å²) in [6, 6.07) is 7.39. The summed E-state index contributed by atoms with van der Waals surface area (Å²) in [6.07, 6.45) is 4.93. The molecule has 0 spiro atoms. The fraction of sp³-hybridized carbons (Fsp3) is 0.529. The molecule has 0 saturated carbocycles. The molecule has 0 saturated heterocycles. The van der Waals surface area contributed by atoms with Crippen molar-refractivity contribution >= 4 is 29.3 Å². The number of para-hydroxylation sites is 1. The van der Waals surface area contributed by atoms with E-state index in [1.807, 2.05) is 31.2 Å². The van der Waals surface area contributed by atoms with Crippen molar-refractivity contribution in [3.8, 4) is 0 Å². The van der Waals surface area contributed by atoms with Crippen LogP contribution in [0, 0.1) is 0 Å². The number of carbonyl (C=O) groups excluding carboxylic acids is 1. The Balaban J connectivity index is 2.72. The average molecular weight is 323 g/mol. The fourth-order valence-electron chi connectivity index (χ4n) is 2.07. The molecule has 1 aromatic rings. The number of aliphatic carboxylic acids is 1. The Hall–Kier alpha value is -1.49. The summed E-state index contributed by atoms with van der Waals surface area (Å²) in [5.74, 6) is -0.820. The maximum Gasteiger partial charge on any atom is 0.316 e. The van der Waals surface area contributed by atoms with Crippen molar-refractivity contribution in [1.82, 2.24) is 0 Å². The van der Waals surface area contributed by atoms with Crippen molar-refractivity contribution in [2.75, 3.05) is 5.32 Å². The van der Waals surface area contributed by atoms with Crippen LogP contribution in [0.3, 0.4) is 0 Å². The molecule has 5 heteroatoms. The van der Waals surface area contributed by atoms with Gasteiger partial charge in [0, 0.05) is 11.3 Å². The molecule has 0 fully saturated rings. The molecule has 0 aliphatic rings. The molecule has 0 heterocycles. The lowest BCUT2D eigenvalue weighted by molar-refractivity contribution is -0.136. The van der Waals surface area contributed by atoms with Crippen LogP contribution in [-0.4, -0.2) is 22.2 Å². The number of thioether (sulfide) groups is 1. The molecule has 2 N–H and O–H groups in total. The Bertz CT molecular complexity index is 491. The standard InChI is InChI=1S/C17H25NO3S/c1-3-5-6-12-16(19)18-13-10-7-8-11-14(13)22-15(9-4-2)17(20)21/h7-8,10-11,15H,3-6,9,12H2,1-2H3,(H,18,19)(H,20,21)/t15-/m1/s1. The predicted octanol–water partition coefficient (Wildman–Crippen LogP) is 4.55. The number of amides is 1. The highest BCUT2D eigenvalue weighted by molar-refractivity contribution is 8.00. The van der Waals surface area contributed by atoms with Gasteiger partial charge in [0.1, 0.15) is 5.25 Å². The van der Waals surface area contributed by atoms with Crippen molar-refractivity contribution in [1.29, 1.82) is 0 Å². The van der Waals surface area contributed by atoms with Gasteiger partial charge in [0.25, 0.3) is 0 Å². The second-order valence-electron chi connectivity index (χ2n) is 5.23. The maximum absolute atomic E-state index is 11.9. The van der Waals surface area contributed by atoms with Crippen LogP contribution in [0.15, 0.2) is 29.2 Å². The summed E-state index contributed by atoms with van der Waals surface area (Å²) < 4.78 is 0. The SMILES string of the molecule is CCCCCC(=O)Nc1ccccc1S[C@H](CCC)C(=O)O. The molecule has 0 unspecified atom stereocenters. The second-order valence-corrected chi connectivity index (χ2v) is 6.48. The molecular weight excluding hydrogens is 298 g/mol. The van der Waals surface area contributed by atoms with E-state index in [0.717, 1.165) is 30.6 Å². The summed E-state index contributed by atoms with van der Waals surface area (Å²) in [5, 5.41) is 11.7. The number of unbranched alkanes of at least 4 members (excludes halogenated alkanes) is 2. The predicted molar refractivity (Wildman–Crippen MR) is 91.4 cm³/mol. The number of anilines is 1. The number of carbonyl (C=O) groups is 2. The smallest absolute Gasteiger partial charge is 0.316 e. The van der Waals surface area contributed by atoms with Crippen LogP contribution >= 0.6 is 11.8 Å². The lowest BCUT2D eigenvalue weighted by Gasteiger charge is -2.15. The molecule has 0 aliphatic heterocycles. The van der Waals surface area contributed by atoms with Gasteiger partial charge in [0.15, 0.2) is 0 Å². The lowest BCUT2D eigenvalue weighted by Crippen LogP contribution is -2.17. The third-order valence-electron chi connectivity index (χ3n) is 3.26. The number of carboxylic acid groups (broad SMARTS) is 1. The topological polar surface area (TPSA) is 66.4 Å². The number of hydrogen-bond acceptors (Lipinski definition) is 3. The summed E-state index contributed by atoms with van der Waals surface area (Å²) in [4.78, 5) is 24.1. The average Bonchev–Trinajstić information content (AvgIpc) is 2.48. The molecule has 22 heavy (non-hydrogen) atoms. The fourth-order valence-corrected chi connectivity index (χ4v) is 3.23. The van der Waals surface area contributed by atoms with Gasteiger partial charge < -0.3 is 10.4 Å². The van der Waals surface area contributed by atoms with E-state index in [1.165, 1.54) is 11.8 Å². The van der Waals surface area contributed by atoms with Crippen LogP contribution < -0.4 is 5.32 Å². The van der Waals surface area contributed by atoms with E-state index < -0.39 is 11.2 Å². The highest BCUT2D eigenvalue weighted by Crippen LogP contribution is 2.32. The van der Waals surface area contributed by atoms with Crippen molar-refractivity contribution in [2.24, 2.45) is 0 Å². The molecule has 0 radical (unpaired) electrons. The molecule has 0 aliphatic carbocycles. The van der Waals surface area contributed by atoms with Gasteiger partial charge in [0.05, 0.1) is 5.69 Å². The zero-order chi connectivity index (χ0) is 16.4.